The van der Waals surface area contributed by atoms with Crippen LogP contribution in [0.1, 0.15) is 11.1 Å². The molecule has 15 heavy (non-hydrogen) atoms. The zero-order chi connectivity index (χ0) is 10.8. The zero-order valence-electron chi connectivity index (χ0n) is 8.41. The molecule has 0 atom stereocenters. The summed E-state index contributed by atoms with van der Waals surface area (Å²) in [6.45, 7) is 1.96. The number of aromatic amines is 1. The van der Waals surface area contributed by atoms with Gasteiger partial charge in [0.05, 0.1) is 0 Å². The van der Waals surface area contributed by atoms with Crippen molar-refractivity contribution in [3.05, 3.63) is 45.7 Å². The molecule has 76 valence electrons. The van der Waals surface area contributed by atoms with Crippen LogP contribution in [0.2, 0.25) is 0 Å². The number of carbonyl (C=O) groups excluding carboxylic acids is 1. The number of hydrogen-bond acceptors (Lipinski definition) is 2. The van der Waals surface area contributed by atoms with E-state index >= 15 is 0 Å². The van der Waals surface area contributed by atoms with E-state index in [2.05, 4.69) is 4.98 Å². The molecule has 0 aliphatic carbocycles. The number of benzene rings is 1. The number of nitrogens with one attached hydrogen (secondary N) is 1. The molecule has 0 spiro atoms. The molecule has 0 amide bonds. The molecule has 2 aromatic rings. The van der Waals surface area contributed by atoms with Gasteiger partial charge in [-0.3, -0.25) is 4.79 Å². The summed E-state index contributed by atoms with van der Waals surface area (Å²) < 4.78 is 0. The second-order valence-electron chi connectivity index (χ2n) is 3.52. The molecular weight excluding hydrogens is 190 g/mol. The summed E-state index contributed by atoms with van der Waals surface area (Å²) in [5.74, 6) is 0. The van der Waals surface area contributed by atoms with Gasteiger partial charge in [-0.15, -0.1) is 0 Å². The number of hydrogen-bond donors (Lipinski definition) is 1. The van der Waals surface area contributed by atoms with E-state index in [1.54, 1.807) is 6.07 Å². The third-order valence-electron chi connectivity index (χ3n) is 2.54. The molecule has 1 N–H and O–H groups in total. The molecule has 3 heteroatoms. The minimum absolute atomic E-state index is 0.122. The number of pyridine rings is 1. The fourth-order valence-electron chi connectivity index (χ4n) is 1.76. The van der Waals surface area contributed by atoms with Crippen LogP contribution in [0.15, 0.2) is 29.1 Å². The number of rotatable bonds is 2. The number of carbonyl (C=O) groups is 1. The highest BCUT2D eigenvalue weighted by Gasteiger charge is 2.04. The first-order chi connectivity index (χ1) is 7.22. The maximum Gasteiger partial charge on any atom is 0.248 e. The molecule has 1 aromatic carbocycles. The molecule has 0 saturated heterocycles. The summed E-state index contributed by atoms with van der Waals surface area (Å²) in [6.07, 6.45) is 1.27. The second-order valence-corrected chi connectivity index (χ2v) is 3.52. The standard InChI is InChI=1S/C12H11NO2/c1-8-2-4-11-10(9(8)6-7-14)3-5-12(15)13-11/h2-5,7H,6H2,1H3,(H,13,15). The molecule has 0 saturated carbocycles. The molecule has 1 heterocycles. The summed E-state index contributed by atoms with van der Waals surface area (Å²) >= 11 is 0. The Kier molecular flexibility index (Phi) is 2.37. The Balaban J connectivity index is 2.81. The van der Waals surface area contributed by atoms with Crippen LogP contribution in [0.3, 0.4) is 0 Å². The Labute approximate surface area is 86.8 Å². The topological polar surface area (TPSA) is 49.9 Å². The highest BCUT2D eigenvalue weighted by Crippen LogP contribution is 2.19. The van der Waals surface area contributed by atoms with E-state index in [9.17, 15) is 9.59 Å². The van der Waals surface area contributed by atoms with Crippen molar-refractivity contribution in [3.8, 4) is 0 Å². The number of aryl methyl sites for hydroxylation is 1. The maximum atomic E-state index is 11.1. The lowest BCUT2D eigenvalue weighted by atomic mass is 10.0. The molecule has 3 nitrogen and oxygen atoms in total. The number of aldehydes is 1. The van der Waals surface area contributed by atoms with E-state index in [1.165, 1.54) is 6.07 Å². The number of aromatic nitrogens is 1. The van der Waals surface area contributed by atoms with Crippen molar-refractivity contribution in [2.24, 2.45) is 0 Å². The van der Waals surface area contributed by atoms with Gasteiger partial charge < -0.3 is 9.78 Å². The van der Waals surface area contributed by atoms with Crippen molar-refractivity contribution in [2.45, 2.75) is 13.3 Å². The summed E-state index contributed by atoms with van der Waals surface area (Å²) in [7, 11) is 0. The third kappa shape index (κ3) is 1.68. The van der Waals surface area contributed by atoms with Crippen molar-refractivity contribution < 1.29 is 4.79 Å². The molecule has 0 aliphatic rings. The van der Waals surface area contributed by atoms with Crippen LogP contribution in [0.25, 0.3) is 10.9 Å². The van der Waals surface area contributed by atoms with E-state index in [-0.39, 0.29) is 5.56 Å². The first-order valence-corrected chi connectivity index (χ1v) is 4.77. The van der Waals surface area contributed by atoms with Gasteiger partial charge in [0.25, 0.3) is 0 Å². The fourth-order valence-corrected chi connectivity index (χ4v) is 1.76. The van der Waals surface area contributed by atoms with Gasteiger partial charge in [-0.1, -0.05) is 6.07 Å². The second kappa shape index (κ2) is 3.69. The lowest BCUT2D eigenvalue weighted by Gasteiger charge is -2.06. The largest absolute Gasteiger partial charge is 0.322 e. The van der Waals surface area contributed by atoms with Crippen molar-refractivity contribution in [3.63, 3.8) is 0 Å². The Bertz CT molecular complexity index is 569. The minimum Gasteiger partial charge on any atom is -0.322 e. The van der Waals surface area contributed by atoms with Crippen molar-refractivity contribution in [2.75, 3.05) is 0 Å². The molecule has 2 rings (SSSR count). The van der Waals surface area contributed by atoms with Gasteiger partial charge in [-0.05, 0) is 30.2 Å². The average molecular weight is 201 g/mol. The molecule has 0 unspecified atom stereocenters. The van der Waals surface area contributed by atoms with Crippen LogP contribution in [-0.4, -0.2) is 11.3 Å². The normalized spacial score (nSPS) is 10.5. The van der Waals surface area contributed by atoms with Crippen molar-refractivity contribution >= 4 is 17.2 Å². The third-order valence-corrected chi connectivity index (χ3v) is 2.54. The van der Waals surface area contributed by atoms with Gasteiger partial charge >= 0.3 is 0 Å². The maximum absolute atomic E-state index is 11.1. The number of fused-ring (bicyclic) bond motifs is 1. The Morgan fingerprint density at radius 3 is 2.80 bits per heavy atom. The molecule has 0 fully saturated rings. The van der Waals surface area contributed by atoms with Crippen LogP contribution >= 0.6 is 0 Å². The van der Waals surface area contributed by atoms with Gasteiger partial charge in [0.1, 0.15) is 6.29 Å². The van der Waals surface area contributed by atoms with Gasteiger partial charge in [-0.25, -0.2) is 0 Å². The molecule has 0 bridgehead atoms. The van der Waals surface area contributed by atoms with Gasteiger partial charge in [-0.2, -0.15) is 0 Å². The lowest BCUT2D eigenvalue weighted by Crippen LogP contribution is -2.04. The lowest BCUT2D eigenvalue weighted by molar-refractivity contribution is -0.107. The summed E-state index contributed by atoms with van der Waals surface area (Å²) in [5.41, 5.74) is 2.72. The smallest absolute Gasteiger partial charge is 0.248 e. The Morgan fingerprint density at radius 1 is 1.27 bits per heavy atom. The summed E-state index contributed by atoms with van der Waals surface area (Å²) in [6, 6.07) is 7.02. The molecule has 0 radical (unpaired) electrons. The predicted molar refractivity (Wildman–Crippen MR) is 59.1 cm³/mol. The van der Waals surface area contributed by atoms with Crippen LogP contribution < -0.4 is 5.56 Å². The molecule has 1 aromatic heterocycles. The Hall–Kier alpha value is -1.90. The quantitative estimate of drug-likeness (QED) is 0.750. The highest BCUT2D eigenvalue weighted by atomic mass is 16.1. The van der Waals surface area contributed by atoms with Gasteiger partial charge in [0.15, 0.2) is 0 Å². The summed E-state index contributed by atoms with van der Waals surface area (Å²) in [5, 5.41) is 0.946. The molecular formula is C12H11NO2. The fraction of sp³-hybridized carbons (Fsp3) is 0.167. The average Bonchev–Trinajstić information content (AvgIpc) is 2.22. The van der Waals surface area contributed by atoms with Crippen LogP contribution in [0, 0.1) is 6.92 Å². The van der Waals surface area contributed by atoms with Crippen molar-refractivity contribution in [1.29, 1.82) is 0 Å². The highest BCUT2D eigenvalue weighted by molar-refractivity contribution is 5.85. The van der Waals surface area contributed by atoms with Gasteiger partial charge in [0, 0.05) is 23.4 Å². The first kappa shape index (κ1) is 9.65. The monoisotopic (exact) mass is 201 g/mol. The number of H-pyrrole nitrogens is 1. The predicted octanol–water partition coefficient (Wildman–Crippen LogP) is 1.58. The van der Waals surface area contributed by atoms with E-state index in [4.69, 9.17) is 0 Å². The van der Waals surface area contributed by atoms with Crippen LogP contribution in [0.5, 0.6) is 0 Å². The van der Waals surface area contributed by atoms with Crippen LogP contribution in [-0.2, 0) is 11.2 Å². The summed E-state index contributed by atoms with van der Waals surface area (Å²) in [4.78, 5) is 24.4. The SMILES string of the molecule is Cc1ccc2[nH]c(=O)ccc2c1CC=O. The Morgan fingerprint density at radius 2 is 2.07 bits per heavy atom. The molecule has 0 aliphatic heterocycles. The zero-order valence-corrected chi connectivity index (χ0v) is 8.41. The van der Waals surface area contributed by atoms with E-state index in [0.29, 0.717) is 6.42 Å². The van der Waals surface area contributed by atoms with Crippen molar-refractivity contribution in [1.82, 2.24) is 4.98 Å². The van der Waals surface area contributed by atoms with E-state index in [1.807, 2.05) is 19.1 Å². The van der Waals surface area contributed by atoms with E-state index in [0.717, 1.165) is 28.3 Å². The van der Waals surface area contributed by atoms with E-state index < -0.39 is 0 Å². The van der Waals surface area contributed by atoms with Crippen LogP contribution in [0.4, 0.5) is 0 Å². The first-order valence-electron chi connectivity index (χ1n) is 4.77. The minimum atomic E-state index is -0.122. The van der Waals surface area contributed by atoms with Gasteiger partial charge in [0.2, 0.25) is 5.56 Å².